The van der Waals surface area contributed by atoms with Crippen molar-refractivity contribution in [3.05, 3.63) is 34.7 Å². The SMILES string of the molecule is CC(C)(O)C(C)(C)OBC1=CCC2C=COC2=C1Cl. The quantitative estimate of drug-likeness (QED) is 0.806. The third-order valence-corrected chi connectivity index (χ3v) is 4.45. The van der Waals surface area contributed by atoms with Crippen molar-refractivity contribution in [2.75, 3.05) is 0 Å². The molecule has 2 rings (SSSR count). The van der Waals surface area contributed by atoms with Crippen LogP contribution in [0.1, 0.15) is 34.1 Å². The number of fused-ring (bicyclic) bond motifs is 1. The Bertz CT molecular complexity index is 458. The normalized spacial score (nSPS) is 23.1. The first-order valence-electron chi connectivity index (χ1n) is 6.51. The molecule has 1 N–H and O–H groups in total. The Kier molecular flexibility index (Phi) is 3.87. The second kappa shape index (κ2) is 5.00. The number of aliphatic hydroxyl groups is 1. The lowest BCUT2D eigenvalue weighted by molar-refractivity contribution is -0.0896. The number of hydrogen-bond donors (Lipinski definition) is 1. The molecule has 1 heterocycles. The molecule has 0 fully saturated rings. The predicted octanol–water partition coefficient (Wildman–Crippen LogP) is 2.80. The topological polar surface area (TPSA) is 38.7 Å². The standard InChI is InChI=1S/C14H20BClO3/c1-13(2,17)14(3,4)19-15-10-6-5-9-7-8-18-12(9)11(10)16/h6-9,15,17H,5H2,1-4H3. The van der Waals surface area contributed by atoms with Crippen molar-refractivity contribution < 1.29 is 14.5 Å². The first-order valence-corrected chi connectivity index (χ1v) is 6.89. The van der Waals surface area contributed by atoms with E-state index < -0.39 is 11.2 Å². The van der Waals surface area contributed by atoms with E-state index in [2.05, 4.69) is 6.08 Å². The van der Waals surface area contributed by atoms with Crippen molar-refractivity contribution in [3.8, 4) is 0 Å². The van der Waals surface area contributed by atoms with Gasteiger partial charge >= 0.3 is 7.48 Å². The molecule has 0 radical (unpaired) electrons. The van der Waals surface area contributed by atoms with Crippen LogP contribution in [0, 0.1) is 5.92 Å². The van der Waals surface area contributed by atoms with E-state index in [4.69, 9.17) is 21.0 Å². The molecule has 0 bridgehead atoms. The molecule has 2 aliphatic rings. The summed E-state index contributed by atoms with van der Waals surface area (Å²) in [6, 6.07) is 0. The molecular weight excluding hydrogens is 262 g/mol. The van der Waals surface area contributed by atoms with E-state index in [1.165, 1.54) is 0 Å². The molecule has 0 spiro atoms. The molecule has 0 aromatic carbocycles. The van der Waals surface area contributed by atoms with Gasteiger partial charge in [-0.05, 0) is 45.7 Å². The van der Waals surface area contributed by atoms with Crippen LogP contribution in [0.15, 0.2) is 34.7 Å². The van der Waals surface area contributed by atoms with Gasteiger partial charge in [-0.25, -0.2) is 0 Å². The minimum absolute atomic E-state index is 0.263. The van der Waals surface area contributed by atoms with Crippen molar-refractivity contribution in [3.63, 3.8) is 0 Å². The number of allylic oxidation sites excluding steroid dienone is 4. The third-order valence-electron chi connectivity index (χ3n) is 4.02. The Morgan fingerprint density at radius 1 is 1.42 bits per heavy atom. The van der Waals surface area contributed by atoms with Gasteiger partial charge in [0.15, 0.2) is 0 Å². The summed E-state index contributed by atoms with van der Waals surface area (Å²) >= 11 is 6.33. The summed E-state index contributed by atoms with van der Waals surface area (Å²) < 4.78 is 11.3. The molecule has 0 aromatic rings. The van der Waals surface area contributed by atoms with Gasteiger partial charge in [-0.2, -0.15) is 0 Å². The van der Waals surface area contributed by atoms with Gasteiger partial charge in [0.2, 0.25) is 0 Å². The van der Waals surface area contributed by atoms with E-state index in [0.29, 0.717) is 12.5 Å². The van der Waals surface area contributed by atoms with Crippen molar-refractivity contribution >= 4 is 19.1 Å². The minimum atomic E-state index is -0.921. The van der Waals surface area contributed by atoms with Crippen LogP contribution in [-0.2, 0) is 9.39 Å². The van der Waals surface area contributed by atoms with Gasteiger partial charge in [-0.3, -0.25) is 0 Å². The summed E-state index contributed by atoms with van der Waals surface area (Å²) in [5.41, 5.74) is -0.647. The Balaban J connectivity index is 2.04. The van der Waals surface area contributed by atoms with Crippen LogP contribution in [0.3, 0.4) is 0 Å². The van der Waals surface area contributed by atoms with Crippen molar-refractivity contribution in [1.82, 2.24) is 0 Å². The lowest BCUT2D eigenvalue weighted by Gasteiger charge is -2.38. The van der Waals surface area contributed by atoms with Crippen LogP contribution in [0.25, 0.3) is 0 Å². The lowest BCUT2D eigenvalue weighted by atomic mass is 9.78. The molecule has 0 amide bonds. The Morgan fingerprint density at radius 2 is 2.11 bits per heavy atom. The largest absolute Gasteiger partial charge is 0.467 e. The fourth-order valence-electron chi connectivity index (χ4n) is 1.86. The number of halogens is 1. The Labute approximate surface area is 120 Å². The predicted molar refractivity (Wildman–Crippen MR) is 77.9 cm³/mol. The van der Waals surface area contributed by atoms with E-state index in [1.807, 2.05) is 19.9 Å². The molecule has 5 heteroatoms. The molecule has 0 saturated heterocycles. The molecule has 19 heavy (non-hydrogen) atoms. The third kappa shape index (κ3) is 2.91. The smallest absolute Gasteiger partial charge is 0.310 e. The van der Waals surface area contributed by atoms with Gasteiger partial charge in [0, 0.05) is 5.92 Å². The van der Waals surface area contributed by atoms with E-state index >= 15 is 0 Å². The summed E-state index contributed by atoms with van der Waals surface area (Å²) in [5, 5.41) is 10.7. The van der Waals surface area contributed by atoms with E-state index in [0.717, 1.165) is 17.7 Å². The van der Waals surface area contributed by atoms with E-state index in [-0.39, 0.29) is 5.92 Å². The summed E-state index contributed by atoms with van der Waals surface area (Å²) in [7, 11) is 0.370. The number of ether oxygens (including phenoxy) is 1. The maximum Gasteiger partial charge on any atom is 0.310 e. The monoisotopic (exact) mass is 282 g/mol. The summed E-state index contributed by atoms with van der Waals surface area (Å²) in [6.45, 7) is 7.21. The minimum Gasteiger partial charge on any atom is -0.467 e. The molecular formula is C14H20BClO3. The van der Waals surface area contributed by atoms with Gasteiger partial charge in [-0.1, -0.05) is 17.7 Å². The fraction of sp³-hybridized carbons (Fsp3) is 0.571. The molecule has 1 aliphatic carbocycles. The summed E-state index contributed by atoms with van der Waals surface area (Å²) in [6.07, 6.45) is 6.65. The highest BCUT2D eigenvalue weighted by Gasteiger charge is 2.36. The van der Waals surface area contributed by atoms with Crippen LogP contribution >= 0.6 is 11.6 Å². The Morgan fingerprint density at radius 3 is 2.74 bits per heavy atom. The molecule has 1 aliphatic heterocycles. The maximum atomic E-state index is 10.1. The van der Waals surface area contributed by atoms with Crippen LogP contribution < -0.4 is 0 Å². The average molecular weight is 283 g/mol. The van der Waals surface area contributed by atoms with Gasteiger partial charge in [-0.15, -0.1) is 0 Å². The summed E-state index contributed by atoms with van der Waals surface area (Å²) in [4.78, 5) is 0. The molecule has 0 aromatic heterocycles. The van der Waals surface area contributed by atoms with Crippen molar-refractivity contribution in [2.45, 2.75) is 45.3 Å². The number of hydrogen-bond acceptors (Lipinski definition) is 3. The van der Waals surface area contributed by atoms with Crippen LogP contribution in [0.5, 0.6) is 0 Å². The second-order valence-electron chi connectivity index (χ2n) is 6.05. The van der Waals surface area contributed by atoms with Crippen LogP contribution in [0.2, 0.25) is 0 Å². The van der Waals surface area contributed by atoms with Crippen molar-refractivity contribution in [2.24, 2.45) is 5.92 Å². The molecule has 3 nitrogen and oxygen atoms in total. The van der Waals surface area contributed by atoms with Gasteiger partial charge in [0.25, 0.3) is 0 Å². The zero-order valence-electron chi connectivity index (χ0n) is 11.9. The number of rotatable bonds is 4. The highest BCUT2D eigenvalue weighted by atomic mass is 35.5. The maximum absolute atomic E-state index is 10.1. The van der Waals surface area contributed by atoms with Crippen LogP contribution in [-0.4, -0.2) is 23.8 Å². The lowest BCUT2D eigenvalue weighted by Crippen LogP contribution is -2.48. The molecule has 1 unspecified atom stereocenters. The first kappa shape index (κ1) is 14.7. The van der Waals surface area contributed by atoms with Crippen molar-refractivity contribution in [1.29, 1.82) is 0 Å². The zero-order valence-corrected chi connectivity index (χ0v) is 12.6. The summed E-state index contributed by atoms with van der Waals surface area (Å²) in [5.74, 6) is 1.07. The van der Waals surface area contributed by atoms with Gasteiger partial charge in [0.05, 0.1) is 22.5 Å². The Hall–Kier alpha value is -0.705. The highest BCUT2D eigenvalue weighted by molar-refractivity contribution is 6.48. The zero-order chi connectivity index (χ0) is 14.3. The van der Waals surface area contributed by atoms with E-state index in [1.54, 1.807) is 20.1 Å². The fourth-order valence-corrected chi connectivity index (χ4v) is 2.17. The van der Waals surface area contributed by atoms with Gasteiger partial charge < -0.3 is 14.5 Å². The highest BCUT2D eigenvalue weighted by Crippen LogP contribution is 2.37. The molecule has 104 valence electrons. The van der Waals surface area contributed by atoms with E-state index in [9.17, 15) is 5.11 Å². The second-order valence-corrected chi connectivity index (χ2v) is 6.43. The average Bonchev–Trinajstić information content (AvgIpc) is 2.75. The van der Waals surface area contributed by atoms with Gasteiger partial charge in [0.1, 0.15) is 5.76 Å². The molecule has 0 saturated carbocycles. The van der Waals surface area contributed by atoms with Crippen LogP contribution in [0.4, 0.5) is 0 Å². The first-order chi connectivity index (χ1) is 8.72. The molecule has 1 atom stereocenters.